The Kier molecular flexibility index (Phi) is 5.47. The number of rotatable bonds is 7. The number of methoxy groups -OCH3 is 3. The average molecular weight is 321 g/mol. The zero-order valence-electron chi connectivity index (χ0n) is 13.9. The average Bonchev–Trinajstić information content (AvgIpc) is 3.30. The topological polar surface area (TPSA) is 73.9 Å². The van der Waals surface area contributed by atoms with Gasteiger partial charge in [0.25, 0.3) is 0 Å². The second kappa shape index (κ2) is 7.35. The fraction of sp³-hybridized carbons (Fsp3) is 0.529. The first-order chi connectivity index (χ1) is 11.0. The van der Waals surface area contributed by atoms with Crippen LogP contribution in [-0.4, -0.2) is 33.2 Å². The summed E-state index contributed by atoms with van der Waals surface area (Å²) in [6.07, 6.45) is 0.960. The molecule has 0 spiro atoms. The van der Waals surface area contributed by atoms with E-state index >= 15 is 0 Å². The Morgan fingerprint density at radius 3 is 2.39 bits per heavy atom. The van der Waals surface area contributed by atoms with Gasteiger partial charge in [-0.25, -0.2) is 0 Å². The summed E-state index contributed by atoms with van der Waals surface area (Å²) in [5.41, 5.74) is 0.773. The van der Waals surface area contributed by atoms with Crippen LogP contribution in [0.1, 0.15) is 31.4 Å². The van der Waals surface area contributed by atoms with Crippen molar-refractivity contribution >= 4 is 11.9 Å². The van der Waals surface area contributed by atoms with Gasteiger partial charge in [0.2, 0.25) is 5.91 Å². The quantitative estimate of drug-likeness (QED) is 0.778. The van der Waals surface area contributed by atoms with E-state index < -0.39 is 6.04 Å². The van der Waals surface area contributed by atoms with Crippen LogP contribution in [0.25, 0.3) is 0 Å². The van der Waals surface area contributed by atoms with Crippen LogP contribution in [0.15, 0.2) is 18.2 Å². The Hall–Kier alpha value is -2.24. The van der Waals surface area contributed by atoms with Crippen molar-refractivity contribution in [1.82, 2.24) is 5.32 Å². The number of hydrogen-bond donors (Lipinski definition) is 1. The van der Waals surface area contributed by atoms with Crippen molar-refractivity contribution in [2.75, 3.05) is 21.3 Å². The Bertz CT molecular complexity index is 586. The van der Waals surface area contributed by atoms with Gasteiger partial charge in [0.05, 0.1) is 33.8 Å². The molecule has 0 bridgehead atoms. The lowest BCUT2D eigenvalue weighted by atomic mass is 10.0. The number of benzene rings is 1. The molecule has 0 heterocycles. The second-order valence-electron chi connectivity index (χ2n) is 5.78. The molecule has 1 N–H and O–H groups in total. The molecule has 0 aliphatic heterocycles. The molecule has 1 amide bonds. The molecule has 1 aliphatic carbocycles. The van der Waals surface area contributed by atoms with Crippen LogP contribution in [0.5, 0.6) is 11.5 Å². The summed E-state index contributed by atoms with van der Waals surface area (Å²) in [5, 5.41) is 2.94. The molecule has 3 atom stereocenters. The van der Waals surface area contributed by atoms with Crippen molar-refractivity contribution in [1.29, 1.82) is 0 Å². The van der Waals surface area contributed by atoms with Crippen LogP contribution in [0.4, 0.5) is 0 Å². The summed E-state index contributed by atoms with van der Waals surface area (Å²) in [4.78, 5) is 23.9. The lowest BCUT2D eigenvalue weighted by Gasteiger charge is -2.20. The van der Waals surface area contributed by atoms with Crippen molar-refractivity contribution in [3.05, 3.63) is 23.8 Å². The summed E-state index contributed by atoms with van der Waals surface area (Å²) < 4.78 is 15.2. The summed E-state index contributed by atoms with van der Waals surface area (Å²) in [7, 11) is 4.43. The second-order valence-corrected chi connectivity index (χ2v) is 5.78. The van der Waals surface area contributed by atoms with E-state index in [1.165, 1.54) is 7.11 Å². The molecule has 126 valence electrons. The number of esters is 1. The van der Waals surface area contributed by atoms with Gasteiger partial charge < -0.3 is 19.5 Å². The molecule has 3 unspecified atom stereocenters. The van der Waals surface area contributed by atoms with Gasteiger partial charge in [0.1, 0.15) is 0 Å². The van der Waals surface area contributed by atoms with Gasteiger partial charge in [-0.3, -0.25) is 9.59 Å². The third kappa shape index (κ3) is 4.15. The Morgan fingerprint density at radius 2 is 1.87 bits per heavy atom. The van der Waals surface area contributed by atoms with E-state index in [4.69, 9.17) is 14.2 Å². The van der Waals surface area contributed by atoms with Crippen molar-refractivity contribution in [3.63, 3.8) is 0 Å². The molecule has 1 aromatic carbocycles. The van der Waals surface area contributed by atoms with E-state index in [1.807, 2.05) is 13.0 Å². The molecule has 1 aromatic rings. The number of amides is 1. The fourth-order valence-electron chi connectivity index (χ4n) is 2.54. The van der Waals surface area contributed by atoms with Gasteiger partial charge in [-0.15, -0.1) is 0 Å². The van der Waals surface area contributed by atoms with E-state index in [-0.39, 0.29) is 24.2 Å². The van der Waals surface area contributed by atoms with E-state index in [1.54, 1.807) is 26.4 Å². The highest BCUT2D eigenvalue weighted by atomic mass is 16.5. The molecule has 1 aliphatic rings. The summed E-state index contributed by atoms with van der Waals surface area (Å²) in [6, 6.07) is 4.88. The Labute approximate surface area is 136 Å². The SMILES string of the molecule is COC(=O)CC(NC(=O)C1CC1C)c1ccc(OC)c(OC)c1. The summed E-state index contributed by atoms with van der Waals surface area (Å²) in [6.45, 7) is 2.04. The first kappa shape index (κ1) is 17.1. The highest BCUT2D eigenvalue weighted by molar-refractivity contribution is 5.82. The maximum Gasteiger partial charge on any atom is 0.307 e. The maximum atomic E-state index is 12.2. The third-order valence-electron chi connectivity index (χ3n) is 4.17. The smallest absolute Gasteiger partial charge is 0.307 e. The van der Waals surface area contributed by atoms with Crippen LogP contribution in [0, 0.1) is 11.8 Å². The highest BCUT2D eigenvalue weighted by Gasteiger charge is 2.40. The van der Waals surface area contributed by atoms with Gasteiger partial charge >= 0.3 is 5.97 Å². The normalized spacial score (nSPS) is 20.3. The minimum atomic E-state index is -0.456. The number of carbonyl (C=O) groups is 2. The van der Waals surface area contributed by atoms with Crippen molar-refractivity contribution in [2.24, 2.45) is 11.8 Å². The zero-order chi connectivity index (χ0) is 17.0. The van der Waals surface area contributed by atoms with Crippen LogP contribution < -0.4 is 14.8 Å². The molecule has 0 aromatic heterocycles. The molecule has 1 saturated carbocycles. The highest BCUT2D eigenvalue weighted by Crippen LogP contribution is 2.38. The maximum absolute atomic E-state index is 12.2. The van der Waals surface area contributed by atoms with Crippen molar-refractivity contribution in [3.8, 4) is 11.5 Å². The minimum Gasteiger partial charge on any atom is -0.493 e. The molecule has 0 saturated heterocycles. The van der Waals surface area contributed by atoms with Crippen LogP contribution in [-0.2, 0) is 14.3 Å². The molecule has 6 nitrogen and oxygen atoms in total. The fourth-order valence-corrected chi connectivity index (χ4v) is 2.54. The zero-order valence-corrected chi connectivity index (χ0v) is 13.9. The molecule has 0 radical (unpaired) electrons. The van der Waals surface area contributed by atoms with E-state index in [0.29, 0.717) is 17.4 Å². The van der Waals surface area contributed by atoms with Crippen molar-refractivity contribution in [2.45, 2.75) is 25.8 Å². The van der Waals surface area contributed by atoms with Gasteiger partial charge in [0.15, 0.2) is 11.5 Å². The Morgan fingerprint density at radius 1 is 1.22 bits per heavy atom. The van der Waals surface area contributed by atoms with Crippen LogP contribution >= 0.6 is 0 Å². The molecule has 6 heteroatoms. The van der Waals surface area contributed by atoms with Gasteiger partial charge in [-0.1, -0.05) is 13.0 Å². The third-order valence-corrected chi connectivity index (χ3v) is 4.17. The van der Waals surface area contributed by atoms with Gasteiger partial charge in [-0.05, 0) is 30.0 Å². The van der Waals surface area contributed by atoms with E-state index in [0.717, 1.165) is 12.0 Å². The van der Waals surface area contributed by atoms with Gasteiger partial charge in [0, 0.05) is 5.92 Å². The summed E-state index contributed by atoms with van der Waals surface area (Å²) >= 11 is 0. The minimum absolute atomic E-state index is 0.0267. The lowest BCUT2D eigenvalue weighted by Crippen LogP contribution is -2.32. The number of hydrogen-bond acceptors (Lipinski definition) is 5. The van der Waals surface area contributed by atoms with Gasteiger partial charge in [-0.2, -0.15) is 0 Å². The Balaban J connectivity index is 2.21. The summed E-state index contributed by atoms with van der Waals surface area (Å²) in [5.74, 6) is 1.17. The molecule has 1 fully saturated rings. The standard InChI is InChI=1S/C17H23NO5/c1-10-7-12(10)17(20)18-13(9-16(19)23-4)11-5-6-14(21-2)15(8-11)22-3/h5-6,8,10,12-13H,7,9H2,1-4H3,(H,18,20). The van der Waals surface area contributed by atoms with Crippen LogP contribution in [0.3, 0.4) is 0 Å². The largest absolute Gasteiger partial charge is 0.493 e. The first-order valence-electron chi connectivity index (χ1n) is 7.59. The molecular formula is C17H23NO5. The van der Waals surface area contributed by atoms with E-state index in [9.17, 15) is 9.59 Å². The van der Waals surface area contributed by atoms with E-state index in [2.05, 4.69) is 5.32 Å². The number of nitrogens with one attached hydrogen (secondary N) is 1. The first-order valence-corrected chi connectivity index (χ1v) is 7.59. The monoisotopic (exact) mass is 321 g/mol. The lowest BCUT2D eigenvalue weighted by molar-refractivity contribution is -0.141. The molecule has 23 heavy (non-hydrogen) atoms. The molecular weight excluding hydrogens is 298 g/mol. The number of carbonyl (C=O) groups excluding carboxylic acids is 2. The van der Waals surface area contributed by atoms with Crippen LogP contribution in [0.2, 0.25) is 0 Å². The molecule has 2 rings (SSSR count). The predicted octanol–water partition coefficient (Wildman–Crippen LogP) is 2.08. The number of ether oxygens (including phenoxy) is 3. The predicted molar refractivity (Wildman–Crippen MR) is 84.3 cm³/mol. The van der Waals surface area contributed by atoms with Crippen molar-refractivity contribution < 1.29 is 23.8 Å².